The zero-order valence-electron chi connectivity index (χ0n) is 10.1. The summed E-state index contributed by atoms with van der Waals surface area (Å²) < 4.78 is 0. The first kappa shape index (κ1) is 13.2. The summed E-state index contributed by atoms with van der Waals surface area (Å²) in [5.74, 6) is -0.350. The van der Waals surface area contributed by atoms with Crippen LogP contribution in [0.1, 0.15) is 19.8 Å². The first-order chi connectivity index (χ1) is 8.04. The number of hydrogen-bond acceptors (Lipinski definition) is 4. The van der Waals surface area contributed by atoms with Crippen LogP contribution < -0.4 is 22.1 Å². The minimum atomic E-state index is -0.350. The van der Waals surface area contributed by atoms with E-state index < -0.39 is 0 Å². The van der Waals surface area contributed by atoms with E-state index in [0.29, 0.717) is 11.4 Å². The molecule has 1 rings (SSSR count). The van der Waals surface area contributed by atoms with Crippen LogP contribution in [0.15, 0.2) is 18.2 Å². The highest BCUT2D eigenvalue weighted by Crippen LogP contribution is 2.23. The van der Waals surface area contributed by atoms with Crippen LogP contribution in [-0.4, -0.2) is 19.0 Å². The van der Waals surface area contributed by atoms with Gasteiger partial charge in [0, 0.05) is 12.2 Å². The molecule has 6 N–H and O–H groups in total. The first-order valence-electron chi connectivity index (χ1n) is 5.72. The fourth-order valence-corrected chi connectivity index (χ4v) is 1.60. The van der Waals surface area contributed by atoms with E-state index in [9.17, 15) is 4.79 Å². The molecule has 0 aliphatic carbocycles. The lowest BCUT2D eigenvalue weighted by molar-refractivity contribution is -0.116. The molecule has 1 aromatic carbocycles. The van der Waals surface area contributed by atoms with Crippen molar-refractivity contribution in [3.63, 3.8) is 0 Å². The van der Waals surface area contributed by atoms with Gasteiger partial charge in [0.2, 0.25) is 5.91 Å². The molecule has 0 aliphatic rings. The number of amides is 1. The molecule has 0 aliphatic heterocycles. The topological polar surface area (TPSA) is 98.4 Å². The second-order valence-corrected chi connectivity index (χ2v) is 4.05. The molecule has 0 saturated carbocycles. The second-order valence-electron chi connectivity index (χ2n) is 4.05. The van der Waals surface area contributed by atoms with Crippen molar-refractivity contribution in [2.45, 2.75) is 19.8 Å². The van der Waals surface area contributed by atoms with Crippen LogP contribution in [0.5, 0.6) is 0 Å². The van der Waals surface area contributed by atoms with Crippen LogP contribution in [0.25, 0.3) is 0 Å². The van der Waals surface area contributed by atoms with Crippen molar-refractivity contribution in [2.24, 2.45) is 5.73 Å². The molecule has 1 aromatic rings. The Morgan fingerprint density at radius 3 is 2.53 bits per heavy atom. The molecule has 17 heavy (non-hydrogen) atoms. The molecule has 0 saturated heterocycles. The summed E-state index contributed by atoms with van der Waals surface area (Å²) in [5.41, 5.74) is 18.6. The van der Waals surface area contributed by atoms with Crippen LogP contribution in [0.3, 0.4) is 0 Å². The minimum absolute atomic E-state index is 0.198. The van der Waals surface area contributed by atoms with Gasteiger partial charge in [-0.3, -0.25) is 4.79 Å². The van der Waals surface area contributed by atoms with Crippen LogP contribution in [0.2, 0.25) is 0 Å². The first-order valence-corrected chi connectivity index (χ1v) is 5.72. The van der Waals surface area contributed by atoms with Crippen molar-refractivity contribution < 1.29 is 4.79 Å². The number of benzene rings is 1. The summed E-state index contributed by atoms with van der Waals surface area (Å²) in [6.07, 6.45) is 2.05. The van der Waals surface area contributed by atoms with Gasteiger partial charge in [-0.05, 0) is 24.6 Å². The number of nitrogens with zero attached hydrogens (tertiary/aromatic N) is 1. The fourth-order valence-electron chi connectivity index (χ4n) is 1.60. The summed E-state index contributed by atoms with van der Waals surface area (Å²) in [6, 6.07) is 5.36. The quantitative estimate of drug-likeness (QED) is 0.640. The standard InChI is InChI=1S/C12H20N4O/c1-2-3-6-16(8-12(15)17)9-4-5-10(13)11(14)7-9/h4-5,7H,2-3,6,8,13-14H2,1H3,(H2,15,17). The number of primary amides is 1. The highest BCUT2D eigenvalue weighted by molar-refractivity contribution is 5.80. The van der Waals surface area contributed by atoms with Crippen molar-refractivity contribution in [1.29, 1.82) is 0 Å². The predicted octanol–water partition coefficient (Wildman–Crippen LogP) is 0.943. The average molecular weight is 236 g/mol. The fraction of sp³-hybridized carbons (Fsp3) is 0.417. The van der Waals surface area contributed by atoms with Gasteiger partial charge >= 0.3 is 0 Å². The molecule has 0 radical (unpaired) electrons. The highest BCUT2D eigenvalue weighted by Gasteiger charge is 2.09. The van der Waals surface area contributed by atoms with Crippen molar-refractivity contribution >= 4 is 23.0 Å². The van der Waals surface area contributed by atoms with Crippen LogP contribution in [-0.2, 0) is 4.79 Å². The van der Waals surface area contributed by atoms with Crippen molar-refractivity contribution in [1.82, 2.24) is 0 Å². The molecule has 5 heteroatoms. The number of unbranched alkanes of at least 4 members (excludes halogenated alkanes) is 1. The van der Waals surface area contributed by atoms with Crippen molar-refractivity contribution in [2.75, 3.05) is 29.5 Å². The molecule has 5 nitrogen and oxygen atoms in total. The van der Waals surface area contributed by atoms with Crippen LogP contribution in [0.4, 0.5) is 17.1 Å². The smallest absolute Gasteiger partial charge is 0.236 e. The monoisotopic (exact) mass is 236 g/mol. The SMILES string of the molecule is CCCCN(CC(N)=O)c1ccc(N)c(N)c1. The van der Waals surface area contributed by atoms with Gasteiger partial charge in [0.25, 0.3) is 0 Å². The molecule has 0 bridgehead atoms. The lowest BCUT2D eigenvalue weighted by atomic mass is 10.2. The van der Waals surface area contributed by atoms with Gasteiger partial charge < -0.3 is 22.1 Å². The van der Waals surface area contributed by atoms with Gasteiger partial charge in [0.05, 0.1) is 17.9 Å². The molecular weight excluding hydrogens is 216 g/mol. The van der Waals surface area contributed by atoms with Gasteiger partial charge in [-0.25, -0.2) is 0 Å². The number of nitrogen functional groups attached to an aromatic ring is 2. The third kappa shape index (κ3) is 3.86. The van der Waals surface area contributed by atoms with Crippen molar-refractivity contribution in [3.05, 3.63) is 18.2 Å². The second kappa shape index (κ2) is 5.98. The molecular formula is C12H20N4O. The normalized spacial score (nSPS) is 10.2. The van der Waals surface area contributed by atoms with Gasteiger partial charge in [-0.1, -0.05) is 13.3 Å². The Morgan fingerprint density at radius 2 is 2.00 bits per heavy atom. The van der Waals surface area contributed by atoms with E-state index in [-0.39, 0.29) is 12.5 Å². The van der Waals surface area contributed by atoms with Gasteiger partial charge in [-0.15, -0.1) is 0 Å². The Hall–Kier alpha value is -1.91. The van der Waals surface area contributed by atoms with E-state index in [1.807, 2.05) is 11.0 Å². The van der Waals surface area contributed by atoms with E-state index in [1.54, 1.807) is 12.1 Å². The molecule has 0 fully saturated rings. The average Bonchev–Trinajstić information content (AvgIpc) is 2.27. The van der Waals surface area contributed by atoms with Gasteiger partial charge in [-0.2, -0.15) is 0 Å². The Morgan fingerprint density at radius 1 is 1.29 bits per heavy atom. The van der Waals surface area contributed by atoms with Gasteiger partial charge in [0.1, 0.15) is 0 Å². The van der Waals surface area contributed by atoms with Gasteiger partial charge in [0.15, 0.2) is 0 Å². The molecule has 0 heterocycles. The Bertz CT molecular complexity index is 392. The van der Waals surface area contributed by atoms with E-state index in [4.69, 9.17) is 17.2 Å². The Labute approximate surface area is 102 Å². The summed E-state index contributed by atoms with van der Waals surface area (Å²) >= 11 is 0. The molecule has 94 valence electrons. The molecule has 1 amide bonds. The number of nitrogens with two attached hydrogens (primary N) is 3. The maximum atomic E-state index is 11.0. The zero-order chi connectivity index (χ0) is 12.8. The Balaban J connectivity index is 2.86. The summed E-state index contributed by atoms with van der Waals surface area (Å²) in [5, 5.41) is 0. The van der Waals surface area contributed by atoms with E-state index in [2.05, 4.69) is 6.92 Å². The minimum Gasteiger partial charge on any atom is -0.397 e. The number of anilines is 3. The third-order valence-electron chi connectivity index (χ3n) is 2.56. The van der Waals surface area contributed by atoms with Crippen molar-refractivity contribution in [3.8, 4) is 0 Å². The largest absolute Gasteiger partial charge is 0.397 e. The number of carbonyl (C=O) groups excluding carboxylic acids is 1. The predicted molar refractivity (Wildman–Crippen MR) is 71.6 cm³/mol. The zero-order valence-corrected chi connectivity index (χ0v) is 10.1. The summed E-state index contributed by atoms with van der Waals surface area (Å²) in [6.45, 7) is 3.08. The summed E-state index contributed by atoms with van der Waals surface area (Å²) in [7, 11) is 0. The lowest BCUT2D eigenvalue weighted by Gasteiger charge is -2.23. The molecule has 0 atom stereocenters. The lowest BCUT2D eigenvalue weighted by Crippen LogP contribution is -2.34. The molecule has 0 unspecified atom stereocenters. The summed E-state index contributed by atoms with van der Waals surface area (Å²) in [4.78, 5) is 12.9. The Kier molecular flexibility index (Phi) is 4.63. The number of rotatable bonds is 6. The molecule has 0 aromatic heterocycles. The van der Waals surface area contributed by atoms with E-state index in [1.165, 1.54) is 0 Å². The van der Waals surface area contributed by atoms with Crippen LogP contribution in [0, 0.1) is 0 Å². The molecule has 0 spiro atoms. The van der Waals surface area contributed by atoms with E-state index in [0.717, 1.165) is 25.1 Å². The number of hydrogen-bond donors (Lipinski definition) is 3. The maximum Gasteiger partial charge on any atom is 0.236 e. The number of carbonyl (C=O) groups is 1. The third-order valence-corrected chi connectivity index (χ3v) is 2.56. The maximum absolute atomic E-state index is 11.0. The van der Waals surface area contributed by atoms with Crippen LogP contribution >= 0.6 is 0 Å². The van der Waals surface area contributed by atoms with E-state index >= 15 is 0 Å². The highest BCUT2D eigenvalue weighted by atomic mass is 16.1.